The van der Waals surface area contributed by atoms with Gasteiger partial charge in [0.25, 0.3) is 5.91 Å². The van der Waals surface area contributed by atoms with E-state index in [1.165, 1.54) is 0 Å². The number of benzene rings is 1. The van der Waals surface area contributed by atoms with Gasteiger partial charge in [0.1, 0.15) is 0 Å². The standard InChI is InChI=1S/C21H29N3O5/c1-4-15-7-5-6-8-17(15)24-12-16(11-19(24)26)20(27)29-13-18(25)23-21(28)22-10-9-14(2)3/h5-8,14,16H,4,9-13H2,1-3H3,(H2,22,23,25,28)/t16-/m0/s1. The SMILES string of the molecule is CCc1ccccc1N1C[C@@H](C(=O)OCC(=O)NC(=O)NCCC(C)C)CC1=O. The van der Waals surface area contributed by atoms with Crippen LogP contribution in [-0.4, -0.2) is 43.5 Å². The molecule has 1 saturated heterocycles. The molecule has 1 aliphatic heterocycles. The van der Waals surface area contributed by atoms with E-state index in [1.54, 1.807) is 4.90 Å². The van der Waals surface area contributed by atoms with E-state index in [0.717, 1.165) is 24.1 Å². The van der Waals surface area contributed by atoms with Crippen molar-refractivity contribution in [3.05, 3.63) is 29.8 Å². The number of nitrogens with one attached hydrogen (secondary N) is 2. The molecule has 0 unspecified atom stereocenters. The molecular weight excluding hydrogens is 374 g/mol. The first kappa shape index (κ1) is 22.4. The van der Waals surface area contributed by atoms with Crippen LogP contribution in [0.15, 0.2) is 24.3 Å². The van der Waals surface area contributed by atoms with Gasteiger partial charge in [0.15, 0.2) is 6.61 Å². The van der Waals surface area contributed by atoms with Gasteiger partial charge in [-0.15, -0.1) is 0 Å². The van der Waals surface area contributed by atoms with Crippen LogP contribution >= 0.6 is 0 Å². The van der Waals surface area contributed by atoms with E-state index in [-0.39, 0.29) is 18.9 Å². The van der Waals surface area contributed by atoms with Crippen LogP contribution in [0.5, 0.6) is 0 Å². The molecule has 1 heterocycles. The Hall–Kier alpha value is -2.90. The average molecular weight is 403 g/mol. The fourth-order valence-electron chi connectivity index (χ4n) is 3.11. The van der Waals surface area contributed by atoms with E-state index in [0.29, 0.717) is 12.5 Å². The van der Waals surface area contributed by atoms with Crippen molar-refractivity contribution in [2.75, 3.05) is 24.6 Å². The highest BCUT2D eigenvalue weighted by Gasteiger charge is 2.37. The Morgan fingerprint density at radius 2 is 1.97 bits per heavy atom. The summed E-state index contributed by atoms with van der Waals surface area (Å²) in [6, 6.07) is 6.95. The monoisotopic (exact) mass is 403 g/mol. The number of para-hydroxylation sites is 1. The molecule has 2 rings (SSSR count). The van der Waals surface area contributed by atoms with Crippen LogP contribution in [0, 0.1) is 11.8 Å². The molecule has 29 heavy (non-hydrogen) atoms. The lowest BCUT2D eigenvalue weighted by Gasteiger charge is -2.19. The van der Waals surface area contributed by atoms with Crippen LogP contribution in [0.2, 0.25) is 0 Å². The molecule has 0 bridgehead atoms. The number of nitrogens with zero attached hydrogens (tertiary/aromatic N) is 1. The number of carbonyl (C=O) groups is 4. The highest BCUT2D eigenvalue weighted by molar-refractivity contribution is 6.00. The minimum Gasteiger partial charge on any atom is -0.455 e. The van der Waals surface area contributed by atoms with Crippen LogP contribution in [0.4, 0.5) is 10.5 Å². The fraction of sp³-hybridized carbons (Fsp3) is 0.524. The van der Waals surface area contributed by atoms with E-state index in [1.807, 2.05) is 45.0 Å². The minimum atomic E-state index is -0.710. The Kier molecular flexibility index (Phi) is 8.18. The van der Waals surface area contributed by atoms with Gasteiger partial charge in [-0.2, -0.15) is 0 Å². The number of urea groups is 1. The van der Waals surface area contributed by atoms with Crippen molar-refractivity contribution in [3.63, 3.8) is 0 Å². The molecule has 1 aromatic carbocycles. The summed E-state index contributed by atoms with van der Waals surface area (Å²) >= 11 is 0. The molecule has 0 saturated carbocycles. The zero-order chi connectivity index (χ0) is 21.4. The Morgan fingerprint density at radius 3 is 2.66 bits per heavy atom. The summed E-state index contributed by atoms with van der Waals surface area (Å²) < 4.78 is 5.01. The predicted molar refractivity (Wildman–Crippen MR) is 108 cm³/mol. The van der Waals surface area contributed by atoms with Gasteiger partial charge >= 0.3 is 12.0 Å². The number of esters is 1. The molecule has 1 aliphatic rings. The lowest BCUT2D eigenvalue weighted by molar-refractivity contribution is -0.152. The predicted octanol–water partition coefficient (Wildman–Crippen LogP) is 2.02. The number of hydrogen-bond donors (Lipinski definition) is 2. The number of rotatable bonds is 8. The van der Waals surface area contributed by atoms with Gasteiger partial charge in [-0.25, -0.2) is 4.79 Å². The zero-order valence-electron chi connectivity index (χ0n) is 17.2. The number of carbonyl (C=O) groups excluding carboxylic acids is 4. The highest BCUT2D eigenvalue weighted by Crippen LogP contribution is 2.29. The summed E-state index contributed by atoms with van der Waals surface area (Å²) in [5.74, 6) is -1.69. The molecule has 0 aromatic heterocycles. The van der Waals surface area contributed by atoms with Gasteiger partial charge in [-0.05, 0) is 30.4 Å². The van der Waals surface area contributed by atoms with Crippen LogP contribution < -0.4 is 15.5 Å². The molecule has 1 aromatic rings. The molecule has 4 amide bonds. The third kappa shape index (κ3) is 6.58. The average Bonchev–Trinajstić information content (AvgIpc) is 3.07. The van der Waals surface area contributed by atoms with Crippen molar-refractivity contribution in [1.29, 1.82) is 0 Å². The number of hydrogen-bond acceptors (Lipinski definition) is 5. The fourth-order valence-corrected chi connectivity index (χ4v) is 3.11. The maximum Gasteiger partial charge on any atom is 0.321 e. The zero-order valence-corrected chi connectivity index (χ0v) is 17.2. The van der Waals surface area contributed by atoms with Crippen LogP contribution in [-0.2, 0) is 25.5 Å². The lowest BCUT2D eigenvalue weighted by atomic mass is 10.1. The Balaban J connectivity index is 1.80. The van der Waals surface area contributed by atoms with E-state index >= 15 is 0 Å². The van der Waals surface area contributed by atoms with Crippen molar-refractivity contribution in [3.8, 4) is 0 Å². The number of imide groups is 1. The van der Waals surface area contributed by atoms with Gasteiger partial charge < -0.3 is 15.0 Å². The second-order valence-corrected chi connectivity index (χ2v) is 7.48. The Bertz CT molecular complexity index is 762. The van der Waals surface area contributed by atoms with Gasteiger partial charge in [0, 0.05) is 25.2 Å². The second-order valence-electron chi connectivity index (χ2n) is 7.48. The third-order valence-corrected chi connectivity index (χ3v) is 4.73. The number of aryl methyl sites for hydroxylation is 1. The summed E-state index contributed by atoms with van der Waals surface area (Å²) in [6.45, 7) is 6.16. The summed E-state index contributed by atoms with van der Waals surface area (Å²) in [5, 5.41) is 4.68. The quantitative estimate of drug-likeness (QED) is 0.646. The molecule has 0 aliphatic carbocycles. The molecule has 158 valence electrons. The van der Waals surface area contributed by atoms with Gasteiger partial charge in [-0.1, -0.05) is 39.0 Å². The normalized spacial score (nSPS) is 16.1. The molecule has 1 fully saturated rings. The van der Waals surface area contributed by atoms with E-state index < -0.39 is 30.4 Å². The summed E-state index contributed by atoms with van der Waals surface area (Å²) in [4.78, 5) is 49.6. The maximum atomic E-state index is 12.4. The number of ether oxygens (including phenoxy) is 1. The first-order valence-electron chi connectivity index (χ1n) is 9.94. The third-order valence-electron chi connectivity index (χ3n) is 4.73. The van der Waals surface area contributed by atoms with Crippen molar-refractivity contribution >= 4 is 29.5 Å². The lowest BCUT2D eigenvalue weighted by Crippen LogP contribution is -2.42. The first-order valence-corrected chi connectivity index (χ1v) is 9.94. The Morgan fingerprint density at radius 1 is 1.24 bits per heavy atom. The van der Waals surface area contributed by atoms with E-state index in [4.69, 9.17) is 4.74 Å². The summed E-state index contributed by atoms with van der Waals surface area (Å²) in [5.41, 5.74) is 1.82. The largest absolute Gasteiger partial charge is 0.455 e. The number of anilines is 1. The van der Waals surface area contributed by atoms with Crippen LogP contribution in [0.3, 0.4) is 0 Å². The molecule has 8 nitrogen and oxygen atoms in total. The van der Waals surface area contributed by atoms with Gasteiger partial charge in [0.2, 0.25) is 5.91 Å². The van der Waals surface area contributed by atoms with Crippen molar-refractivity contribution in [2.45, 2.75) is 40.0 Å². The molecule has 1 atom stereocenters. The number of amides is 4. The summed E-state index contributed by atoms with van der Waals surface area (Å²) in [7, 11) is 0. The topological polar surface area (TPSA) is 105 Å². The molecule has 2 N–H and O–H groups in total. The van der Waals surface area contributed by atoms with Crippen molar-refractivity contribution < 1.29 is 23.9 Å². The van der Waals surface area contributed by atoms with Crippen LogP contribution in [0.1, 0.15) is 39.2 Å². The molecular formula is C21H29N3O5. The van der Waals surface area contributed by atoms with Gasteiger partial charge in [0.05, 0.1) is 5.92 Å². The molecule has 0 radical (unpaired) electrons. The smallest absolute Gasteiger partial charge is 0.321 e. The minimum absolute atomic E-state index is 0.0359. The highest BCUT2D eigenvalue weighted by atomic mass is 16.5. The summed E-state index contributed by atoms with van der Waals surface area (Å²) in [6.07, 6.45) is 1.60. The molecule has 8 heteroatoms. The van der Waals surface area contributed by atoms with E-state index in [2.05, 4.69) is 10.6 Å². The van der Waals surface area contributed by atoms with E-state index in [9.17, 15) is 19.2 Å². The Labute approximate surface area is 171 Å². The first-order chi connectivity index (χ1) is 13.8. The van der Waals surface area contributed by atoms with Crippen LogP contribution in [0.25, 0.3) is 0 Å². The maximum absolute atomic E-state index is 12.4. The second kappa shape index (κ2) is 10.6. The molecule has 0 spiro atoms. The van der Waals surface area contributed by atoms with Gasteiger partial charge in [-0.3, -0.25) is 19.7 Å². The van der Waals surface area contributed by atoms with Crippen molar-refractivity contribution in [1.82, 2.24) is 10.6 Å². The van der Waals surface area contributed by atoms with Crippen molar-refractivity contribution in [2.24, 2.45) is 11.8 Å².